The van der Waals surface area contributed by atoms with Crippen LogP contribution >= 0.6 is 11.3 Å². The number of nitrogens with two attached hydrogens (primary N) is 1. The zero-order valence-corrected chi connectivity index (χ0v) is 13.2. The number of nitrogens with zero attached hydrogens (tertiary/aromatic N) is 1. The second-order valence-electron chi connectivity index (χ2n) is 5.47. The van der Waals surface area contributed by atoms with Crippen molar-refractivity contribution in [2.45, 2.75) is 39.7 Å². The number of amides is 1. The summed E-state index contributed by atoms with van der Waals surface area (Å²) in [5.41, 5.74) is 6.38. The van der Waals surface area contributed by atoms with Crippen LogP contribution in [0.4, 0.5) is 0 Å². The number of hydrogen-bond acceptors (Lipinski definition) is 5. The molecule has 1 aliphatic heterocycles. The average molecular weight is 297 g/mol. The molecule has 6 heteroatoms. The van der Waals surface area contributed by atoms with Crippen LogP contribution in [0.15, 0.2) is 0 Å². The first-order valence-corrected chi connectivity index (χ1v) is 7.83. The van der Waals surface area contributed by atoms with Crippen molar-refractivity contribution < 1.29 is 9.53 Å². The Kier molecular flexibility index (Phi) is 4.78. The molecule has 0 aliphatic carbocycles. The fraction of sp³-hybridized carbons (Fsp3) is 0.714. The SMILES string of the molecule is Cc1nc(C)c(C(C)NC(=O)C2(CN)CCOCC2)s1. The lowest BCUT2D eigenvalue weighted by Crippen LogP contribution is -2.49. The molecule has 20 heavy (non-hydrogen) atoms. The highest BCUT2D eigenvalue weighted by Gasteiger charge is 2.39. The first kappa shape index (κ1) is 15.4. The van der Waals surface area contributed by atoms with Crippen molar-refractivity contribution in [2.24, 2.45) is 11.1 Å². The molecular weight excluding hydrogens is 274 g/mol. The van der Waals surface area contributed by atoms with Crippen molar-refractivity contribution in [3.05, 3.63) is 15.6 Å². The lowest BCUT2D eigenvalue weighted by atomic mass is 9.79. The Morgan fingerprint density at radius 3 is 2.65 bits per heavy atom. The van der Waals surface area contributed by atoms with Gasteiger partial charge in [-0.2, -0.15) is 0 Å². The zero-order valence-electron chi connectivity index (χ0n) is 12.4. The molecule has 0 aromatic carbocycles. The quantitative estimate of drug-likeness (QED) is 0.886. The van der Waals surface area contributed by atoms with E-state index in [-0.39, 0.29) is 11.9 Å². The fourth-order valence-electron chi connectivity index (χ4n) is 2.65. The van der Waals surface area contributed by atoms with Crippen LogP contribution in [-0.2, 0) is 9.53 Å². The third-order valence-electron chi connectivity index (χ3n) is 4.00. The van der Waals surface area contributed by atoms with E-state index in [9.17, 15) is 4.79 Å². The molecule has 2 heterocycles. The summed E-state index contributed by atoms with van der Waals surface area (Å²) in [5.74, 6) is 0.0428. The van der Waals surface area contributed by atoms with Crippen LogP contribution in [0.2, 0.25) is 0 Å². The number of aryl methyl sites for hydroxylation is 2. The fourth-order valence-corrected chi connectivity index (χ4v) is 3.58. The molecule has 1 saturated heterocycles. The average Bonchev–Trinajstić information content (AvgIpc) is 2.78. The molecule has 0 bridgehead atoms. The number of ether oxygens (including phenoxy) is 1. The molecule has 2 rings (SSSR count). The van der Waals surface area contributed by atoms with Crippen LogP contribution in [-0.4, -0.2) is 30.6 Å². The third-order valence-corrected chi connectivity index (χ3v) is 5.26. The van der Waals surface area contributed by atoms with Gasteiger partial charge in [-0.1, -0.05) is 0 Å². The standard InChI is InChI=1S/C14H23N3O2S/c1-9-12(20-11(3)16-9)10(2)17-13(18)14(8-15)4-6-19-7-5-14/h10H,4-8,15H2,1-3H3,(H,17,18). The predicted octanol–water partition coefficient (Wildman–Crippen LogP) is 1.69. The maximum Gasteiger partial charge on any atom is 0.228 e. The minimum atomic E-state index is -0.472. The summed E-state index contributed by atoms with van der Waals surface area (Å²) in [6.45, 7) is 7.55. The lowest BCUT2D eigenvalue weighted by molar-refractivity contribution is -0.136. The number of thiazole rings is 1. The van der Waals surface area contributed by atoms with E-state index in [4.69, 9.17) is 10.5 Å². The minimum Gasteiger partial charge on any atom is -0.381 e. The van der Waals surface area contributed by atoms with E-state index in [1.165, 1.54) is 0 Å². The van der Waals surface area contributed by atoms with Gasteiger partial charge in [0.25, 0.3) is 0 Å². The molecule has 112 valence electrons. The lowest BCUT2D eigenvalue weighted by Gasteiger charge is -2.35. The van der Waals surface area contributed by atoms with E-state index < -0.39 is 5.41 Å². The van der Waals surface area contributed by atoms with E-state index in [0.717, 1.165) is 15.6 Å². The van der Waals surface area contributed by atoms with Crippen LogP contribution in [0, 0.1) is 19.3 Å². The van der Waals surface area contributed by atoms with E-state index in [2.05, 4.69) is 10.3 Å². The van der Waals surface area contributed by atoms with Gasteiger partial charge in [-0.05, 0) is 33.6 Å². The summed E-state index contributed by atoms with van der Waals surface area (Å²) in [7, 11) is 0. The van der Waals surface area contributed by atoms with Gasteiger partial charge >= 0.3 is 0 Å². The van der Waals surface area contributed by atoms with Crippen molar-refractivity contribution in [1.82, 2.24) is 10.3 Å². The van der Waals surface area contributed by atoms with Crippen molar-refractivity contribution >= 4 is 17.2 Å². The van der Waals surface area contributed by atoms with Crippen LogP contribution < -0.4 is 11.1 Å². The van der Waals surface area contributed by atoms with Gasteiger partial charge in [-0.25, -0.2) is 4.98 Å². The Labute approximate surface area is 123 Å². The first-order chi connectivity index (χ1) is 9.48. The molecule has 1 unspecified atom stereocenters. The Bertz CT molecular complexity index is 481. The molecule has 0 radical (unpaired) electrons. The molecule has 1 atom stereocenters. The smallest absolute Gasteiger partial charge is 0.228 e. The highest BCUT2D eigenvalue weighted by molar-refractivity contribution is 7.11. The predicted molar refractivity (Wildman–Crippen MR) is 79.7 cm³/mol. The molecule has 1 amide bonds. The Morgan fingerprint density at radius 1 is 1.50 bits per heavy atom. The van der Waals surface area contributed by atoms with Gasteiger partial charge in [-0.15, -0.1) is 11.3 Å². The van der Waals surface area contributed by atoms with Crippen molar-refractivity contribution in [1.29, 1.82) is 0 Å². The summed E-state index contributed by atoms with van der Waals surface area (Å²) < 4.78 is 5.35. The van der Waals surface area contributed by atoms with Gasteiger partial charge in [-0.3, -0.25) is 4.79 Å². The van der Waals surface area contributed by atoms with Crippen molar-refractivity contribution in [3.8, 4) is 0 Å². The number of aromatic nitrogens is 1. The Balaban J connectivity index is 2.08. The van der Waals surface area contributed by atoms with E-state index in [1.807, 2.05) is 20.8 Å². The summed E-state index contributed by atoms with van der Waals surface area (Å²) in [4.78, 5) is 18.1. The van der Waals surface area contributed by atoms with Gasteiger partial charge in [0.1, 0.15) is 0 Å². The number of hydrogen-bond donors (Lipinski definition) is 2. The molecule has 5 nitrogen and oxygen atoms in total. The molecular formula is C14H23N3O2S. The number of carbonyl (C=O) groups is 1. The van der Waals surface area contributed by atoms with E-state index in [1.54, 1.807) is 11.3 Å². The third kappa shape index (κ3) is 3.02. The topological polar surface area (TPSA) is 77.2 Å². The second-order valence-corrected chi connectivity index (χ2v) is 6.71. The monoisotopic (exact) mass is 297 g/mol. The summed E-state index contributed by atoms with van der Waals surface area (Å²) in [6.07, 6.45) is 1.39. The Hall–Kier alpha value is -0.980. The van der Waals surface area contributed by atoms with Crippen LogP contribution in [0.3, 0.4) is 0 Å². The van der Waals surface area contributed by atoms with Crippen LogP contribution in [0.1, 0.15) is 41.4 Å². The van der Waals surface area contributed by atoms with Crippen LogP contribution in [0.5, 0.6) is 0 Å². The summed E-state index contributed by atoms with van der Waals surface area (Å²) >= 11 is 1.64. The van der Waals surface area contributed by atoms with Crippen molar-refractivity contribution in [3.63, 3.8) is 0 Å². The van der Waals surface area contributed by atoms with Gasteiger partial charge < -0.3 is 15.8 Å². The first-order valence-electron chi connectivity index (χ1n) is 7.01. The maximum absolute atomic E-state index is 12.6. The molecule has 1 fully saturated rings. The van der Waals surface area contributed by atoms with Gasteiger partial charge in [0.05, 0.1) is 22.2 Å². The highest BCUT2D eigenvalue weighted by atomic mass is 32.1. The molecule has 1 aliphatic rings. The molecule has 0 saturated carbocycles. The summed E-state index contributed by atoms with van der Waals surface area (Å²) in [6, 6.07) is -0.0278. The van der Waals surface area contributed by atoms with Gasteiger partial charge in [0.2, 0.25) is 5.91 Å². The van der Waals surface area contributed by atoms with Crippen LogP contribution in [0.25, 0.3) is 0 Å². The molecule has 0 spiro atoms. The zero-order chi connectivity index (χ0) is 14.8. The minimum absolute atomic E-state index is 0.0278. The van der Waals surface area contributed by atoms with Crippen molar-refractivity contribution in [2.75, 3.05) is 19.8 Å². The summed E-state index contributed by atoms with van der Waals surface area (Å²) in [5, 5.41) is 4.13. The van der Waals surface area contributed by atoms with E-state index in [0.29, 0.717) is 32.6 Å². The molecule has 1 aromatic heterocycles. The Morgan fingerprint density at radius 2 is 2.15 bits per heavy atom. The molecule has 3 N–H and O–H groups in total. The van der Waals surface area contributed by atoms with E-state index >= 15 is 0 Å². The molecule has 1 aromatic rings. The van der Waals surface area contributed by atoms with Gasteiger partial charge in [0.15, 0.2) is 0 Å². The number of nitrogens with one attached hydrogen (secondary N) is 1. The van der Waals surface area contributed by atoms with Gasteiger partial charge in [0, 0.05) is 24.6 Å². The largest absolute Gasteiger partial charge is 0.381 e. The highest BCUT2D eigenvalue weighted by Crippen LogP contribution is 2.31. The number of carbonyl (C=O) groups excluding carboxylic acids is 1. The normalized spacial score (nSPS) is 19.6. The number of rotatable bonds is 4. The maximum atomic E-state index is 12.6. The second kappa shape index (κ2) is 6.20.